The first kappa shape index (κ1) is 21.2. The molecule has 2 aromatic rings. The predicted octanol–water partition coefficient (Wildman–Crippen LogP) is 4.18. The average molecular weight is 429 g/mol. The largest absolute Gasteiger partial charge is 0.487 e. The minimum absolute atomic E-state index is 0. The highest BCUT2D eigenvalue weighted by Gasteiger charge is 2.33. The van der Waals surface area contributed by atoms with E-state index in [4.69, 9.17) is 39.4 Å². The molecule has 0 amide bonds. The van der Waals surface area contributed by atoms with Crippen molar-refractivity contribution in [2.24, 2.45) is 21.5 Å². The second-order valence-electron chi connectivity index (χ2n) is 6.26. The predicted molar refractivity (Wildman–Crippen MR) is 114 cm³/mol. The highest BCUT2D eigenvalue weighted by atomic mass is 35.5. The van der Waals surface area contributed by atoms with Gasteiger partial charge < -0.3 is 16.2 Å². The van der Waals surface area contributed by atoms with E-state index in [1.54, 1.807) is 17.0 Å². The van der Waals surface area contributed by atoms with Crippen LogP contribution in [0.25, 0.3) is 0 Å². The summed E-state index contributed by atoms with van der Waals surface area (Å²) in [6, 6.07) is 12.9. The van der Waals surface area contributed by atoms with Crippen LogP contribution in [0.4, 0.5) is 5.69 Å². The number of anilines is 1. The molecular formula is C18H20Cl3N5O. The quantitative estimate of drug-likeness (QED) is 0.764. The second kappa shape index (κ2) is 8.25. The van der Waals surface area contributed by atoms with Crippen LogP contribution in [-0.2, 0) is 6.61 Å². The minimum atomic E-state index is -0.681. The molecule has 1 aliphatic rings. The molecule has 0 radical (unpaired) electrons. The van der Waals surface area contributed by atoms with Crippen LogP contribution in [0.1, 0.15) is 19.4 Å². The molecule has 1 aliphatic heterocycles. The smallest absolute Gasteiger partial charge is 0.220 e. The summed E-state index contributed by atoms with van der Waals surface area (Å²) in [5.74, 6) is 0.946. The summed E-state index contributed by atoms with van der Waals surface area (Å²) in [5, 5.41) is 1.09. The molecule has 0 aromatic heterocycles. The fourth-order valence-corrected chi connectivity index (χ4v) is 3.19. The molecule has 3 rings (SSSR count). The molecule has 144 valence electrons. The number of nitrogens with two attached hydrogens (primary N) is 2. The van der Waals surface area contributed by atoms with Crippen LogP contribution in [0.3, 0.4) is 0 Å². The van der Waals surface area contributed by atoms with Crippen molar-refractivity contribution in [2.45, 2.75) is 26.1 Å². The van der Waals surface area contributed by atoms with E-state index in [0.717, 1.165) is 11.3 Å². The van der Waals surface area contributed by atoms with Gasteiger partial charge in [0.15, 0.2) is 0 Å². The summed E-state index contributed by atoms with van der Waals surface area (Å²) in [6.45, 7) is 4.09. The third kappa shape index (κ3) is 4.58. The van der Waals surface area contributed by atoms with E-state index < -0.39 is 5.66 Å². The molecule has 0 atom stereocenters. The number of hydrogen-bond acceptors (Lipinski definition) is 6. The first-order valence-electron chi connectivity index (χ1n) is 7.93. The molecule has 0 unspecified atom stereocenters. The Labute approximate surface area is 174 Å². The lowest BCUT2D eigenvalue weighted by atomic mass is 10.1. The Kier molecular flexibility index (Phi) is 6.46. The Morgan fingerprint density at radius 2 is 1.78 bits per heavy atom. The van der Waals surface area contributed by atoms with Crippen molar-refractivity contribution in [3.8, 4) is 5.75 Å². The van der Waals surface area contributed by atoms with Gasteiger partial charge in [-0.25, -0.2) is 4.99 Å². The first-order chi connectivity index (χ1) is 12.3. The van der Waals surface area contributed by atoms with Gasteiger partial charge in [0, 0.05) is 16.3 Å². The molecular weight excluding hydrogens is 409 g/mol. The van der Waals surface area contributed by atoms with E-state index in [0.29, 0.717) is 22.4 Å². The minimum Gasteiger partial charge on any atom is -0.487 e. The van der Waals surface area contributed by atoms with Crippen molar-refractivity contribution in [3.63, 3.8) is 0 Å². The monoisotopic (exact) mass is 427 g/mol. The average Bonchev–Trinajstić information content (AvgIpc) is 2.53. The Hall–Kier alpha value is -2.15. The van der Waals surface area contributed by atoms with Crippen LogP contribution in [0.2, 0.25) is 10.0 Å². The molecule has 27 heavy (non-hydrogen) atoms. The first-order valence-corrected chi connectivity index (χ1v) is 8.69. The highest BCUT2D eigenvalue weighted by Crippen LogP contribution is 2.34. The van der Waals surface area contributed by atoms with Gasteiger partial charge in [-0.05, 0) is 38.1 Å². The van der Waals surface area contributed by atoms with E-state index in [1.165, 1.54) is 0 Å². The summed E-state index contributed by atoms with van der Waals surface area (Å²) in [6.07, 6.45) is 0. The molecule has 0 fully saturated rings. The number of benzene rings is 2. The van der Waals surface area contributed by atoms with Gasteiger partial charge in [-0.1, -0.05) is 41.4 Å². The maximum atomic E-state index is 6.40. The van der Waals surface area contributed by atoms with Crippen molar-refractivity contribution in [3.05, 3.63) is 58.1 Å². The zero-order chi connectivity index (χ0) is 18.9. The SMILES string of the molecule is CC1(C)N=C(N)N=C(N)N1c1ccc(OCc2ccccc2Cl)c(Cl)c1.Cl. The van der Waals surface area contributed by atoms with Crippen molar-refractivity contribution >= 4 is 53.2 Å². The molecule has 0 saturated carbocycles. The van der Waals surface area contributed by atoms with Gasteiger partial charge >= 0.3 is 0 Å². The Morgan fingerprint density at radius 1 is 1.07 bits per heavy atom. The summed E-state index contributed by atoms with van der Waals surface area (Å²) < 4.78 is 5.80. The Balaban J connectivity index is 0.00000261. The fourth-order valence-electron chi connectivity index (χ4n) is 2.77. The summed E-state index contributed by atoms with van der Waals surface area (Å²) in [4.78, 5) is 10.1. The Bertz CT molecular complexity index is 898. The third-order valence-electron chi connectivity index (χ3n) is 3.91. The number of halogens is 3. The van der Waals surface area contributed by atoms with Gasteiger partial charge in [0.2, 0.25) is 11.9 Å². The number of hydrogen-bond donors (Lipinski definition) is 2. The van der Waals surface area contributed by atoms with Crippen LogP contribution in [0.5, 0.6) is 5.75 Å². The van der Waals surface area contributed by atoms with Gasteiger partial charge in [-0.15, -0.1) is 12.4 Å². The van der Waals surface area contributed by atoms with Crippen LogP contribution in [0.15, 0.2) is 52.4 Å². The maximum Gasteiger partial charge on any atom is 0.220 e. The molecule has 0 saturated heterocycles. The summed E-state index contributed by atoms with van der Waals surface area (Å²) in [7, 11) is 0. The molecule has 2 aromatic carbocycles. The van der Waals surface area contributed by atoms with Crippen LogP contribution in [0, 0.1) is 0 Å². The topological polar surface area (TPSA) is 89.2 Å². The van der Waals surface area contributed by atoms with Crippen LogP contribution >= 0.6 is 35.6 Å². The molecule has 0 spiro atoms. The lowest BCUT2D eigenvalue weighted by molar-refractivity contribution is 0.306. The van der Waals surface area contributed by atoms with Gasteiger partial charge in [-0.3, -0.25) is 4.90 Å². The number of aliphatic imine (C=N–C) groups is 2. The Morgan fingerprint density at radius 3 is 2.41 bits per heavy atom. The third-order valence-corrected chi connectivity index (χ3v) is 4.57. The van der Waals surface area contributed by atoms with E-state index in [-0.39, 0.29) is 24.3 Å². The van der Waals surface area contributed by atoms with Gasteiger partial charge in [0.25, 0.3) is 0 Å². The lowest BCUT2D eigenvalue weighted by Gasteiger charge is -2.38. The van der Waals surface area contributed by atoms with Crippen molar-refractivity contribution < 1.29 is 4.74 Å². The molecule has 4 N–H and O–H groups in total. The summed E-state index contributed by atoms with van der Waals surface area (Å²) in [5.41, 5.74) is 12.7. The van der Waals surface area contributed by atoms with E-state index >= 15 is 0 Å². The summed E-state index contributed by atoms with van der Waals surface area (Å²) >= 11 is 12.5. The van der Waals surface area contributed by atoms with Crippen molar-refractivity contribution in [2.75, 3.05) is 4.90 Å². The molecule has 6 nitrogen and oxygen atoms in total. The molecule has 1 heterocycles. The van der Waals surface area contributed by atoms with Crippen molar-refractivity contribution in [1.82, 2.24) is 0 Å². The lowest BCUT2D eigenvalue weighted by Crippen LogP contribution is -2.54. The maximum absolute atomic E-state index is 6.40. The van der Waals surface area contributed by atoms with Gasteiger partial charge in [-0.2, -0.15) is 4.99 Å². The molecule has 0 bridgehead atoms. The normalized spacial score (nSPS) is 15.5. The van der Waals surface area contributed by atoms with Gasteiger partial charge in [0.1, 0.15) is 18.0 Å². The number of rotatable bonds is 4. The van der Waals surface area contributed by atoms with Crippen LogP contribution < -0.4 is 21.1 Å². The van der Waals surface area contributed by atoms with Crippen molar-refractivity contribution in [1.29, 1.82) is 0 Å². The molecule has 0 aliphatic carbocycles. The van der Waals surface area contributed by atoms with E-state index in [9.17, 15) is 0 Å². The van der Waals surface area contributed by atoms with Crippen LogP contribution in [-0.4, -0.2) is 17.6 Å². The number of guanidine groups is 2. The highest BCUT2D eigenvalue weighted by molar-refractivity contribution is 6.32. The standard InChI is InChI=1S/C18H19Cl2N5O.ClH/c1-18(2)24-16(21)23-17(22)25(18)12-7-8-15(14(20)9-12)26-10-11-5-3-4-6-13(11)19;/h3-9H,10H2,1-2H3,(H4,21,22,23,24);1H. The number of ether oxygens (including phenoxy) is 1. The van der Waals surface area contributed by atoms with Gasteiger partial charge in [0.05, 0.1) is 5.02 Å². The second-order valence-corrected chi connectivity index (χ2v) is 7.08. The molecule has 9 heteroatoms. The zero-order valence-corrected chi connectivity index (χ0v) is 17.1. The van der Waals surface area contributed by atoms with E-state index in [1.807, 2.05) is 44.2 Å². The number of nitrogens with zero attached hydrogens (tertiary/aromatic N) is 3. The fraction of sp³-hybridized carbons (Fsp3) is 0.222. The van der Waals surface area contributed by atoms with E-state index in [2.05, 4.69) is 9.98 Å². The zero-order valence-electron chi connectivity index (χ0n) is 14.8.